The maximum atomic E-state index is 13.6. The molecule has 0 fully saturated rings. The number of rotatable bonds is 5. The molecule has 0 radical (unpaired) electrons. The van der Waals surface area contributed by atoms with Crippen LogP contribution in [0.15, 0.2) is 12.1 Å². The minimum absolute atomic E-state index is 0.0534. The molecule has 0 spiro atoms. The lowest BCUT2D eigenvalue weighted by atomic mass is 10.1. The van der Waals surface area contributed by atoms with Gasteiger partial charge < -0.3 is 15.7 Å². The van der Waals surface area contributed by atoms with E-state index in [0.29, 0.717) is 12.8 Å². The van der Waals surface area contributed by atoms with Gasteiger partial charge in [0, 0.05) is 18.2 Å². The van der Waals surface area contributed by atoms with Gasteiger partial charge in [-0.05, 0) is 25.0 Å². The van der Waals surface area contributed by atoms with E-state index in [-0.39, 0.29) is 18.2 Å². The van der Waals surface area contributed by atoms with Crippen molar-refractivity contribution in [2.45, 2.75) is 25.8 Å². The Bertz CT molecular complexity index is 503. The van der Waals surface area contributed by atoms with Crippen LogP contribution in [0.3, 0.4) is 0 Å². The zero-order chi connectivity index (χ0) is 15.1. The second-order valence-corrected chi connectivity index (χ2v) is 4.18. The lowest BCUT2D eigenvalue weighted by Crippen LogP contribution is -2.38. The van der Waals surface area contributed by atoms with Gasteiger partial charge in [-0.2, -0.15) is 0 Å². The fraction of sp³-hybridized carbons (Fsp3) is 0.357. The van der Waals surface area contributed by atoms with E-state index in [1.807, 2.05) is 6.92 Å². The number of halogens is 2. The number of hydrogen-bond donors (Lipinski definition) is 3. The summed E-state index contributed by atoms with van der Waals surface area (Å²) in [4.78, 5) is 11.6. The van der Waals surface area contributed by atoms with Crippen LogP contribution in [0.2, 0.25) is 0 Å². The van der Waals surface area contributed by atoms with Crippen molar-refractivity contribution in [3.63, 3.8) is 0 Å². The summed E-state index contributed by atoms with van der Waals surface area (Å²) in [5.41, 5.74) is -0.502. The number of benzene rings is 1. The van der Waals surface area contributed by atoms with E-state index in [9.17, 15) is 13.6 Å². The molecule has 0 saturated heterocycles. The topological polar surface area (TPSA) is 61.4 Å². The fourth-order valence-electron chi connectivity index (χ4n) is 1.65. The van der Waals surface area contributed by atoms with Crippen LogP contribution in [0.25, 0.3) is 0 Å². The first-order chi connectivity index (χ1) is 9.51. The van der Waals surface area contributed by atoms with Crippen molar-refractivity contribution >= 4 is 11.7 Å². The van der Waals surface area contributed by atoms with Gasteiger partial charge in [-0.3, -0.25) is 0 Å². The van der Waals surface area contributed by atoms with E-state index in [1.54, 1.807) is 0 Å². The number of carbonyl (C=O) groups excluding carboxylic acids is 1. The van der Waals surface area contributed by atoms with Gasteiger partial charge in [-0.25, -0.2) is 13.6 Å². The summed E-state index contributed by atoms with van der Waals surface area (Å²) in [5.74, 6) is 0.228. The lowest BCUT2D eigenvalue weighted by Gasteiger charge is -2.16. The van der Waals surface area contributed by atoms with Crippen molar-refractivity contribution in [2.24, 2.45) is 0 Å². The van der Waals surface area contributed by atoms with E-state index in [1.165, 1.54) is 0 Å². The highest BCUT2D eigenvalue weighted by Crippen LogP contribution is 2.20. The van der Waals surface area contributed by atoms with E-state index in [4.69, 9.17) is 11.5 Å². The quantitative estimate of drug-likeness (QED) is 0.725. The monoisotopic (exact) mass is 282 g/mol. The zero-order valence-corrected chi connectivity index (χ0v) is 11.0. The van der Waals surface area contributed by atoms with Gasteiger partial charge in [0.25, 0.3) is 0 Å². The molecule has 0 heterocycles. The minimum atomic E-state index is -0.941. The van der Waals surface area contributed by atoms with Gasteiger partial charge in [0.15, 0.2) is 11.6 Å². The minimum Gasteiger partial charge on any atom is -0.396 e. The fourth-order valence-corrected chi connectivity index (χ4v) is 1.65. The van der Waals surface area contributed by atoms with Crippen LogP contribution in [-0.4, -0.2) is 23.8 Å². The van der Waals surface area contributed by atoms with Crippen molar-refractivity contribution in [3.05, 3.63) is 29.3 Å². The second-order valence-electron chi connectivity index (χ2n) is 4.18. The summed E-state index contributed by atoms with van der Waals surface area (Å²) in [6, 6.07) is 0.917. The number of urea groups is 1. The highest BCUT2D eigenvalue weighted by molar-refractivity contribution is 5.89. The lowest BCUT2D eigenvalue weighted by molar-refractivity contribution is 0.237. The third-order valence-corrected chi connectivity index (χ3v) is 2.75. The van der Waals surface area contributed by atoms with Gasteiger partial charge in [-0.1, -0.05) is 12.8 Å². The average molecular weight is 282 g/mol. The molecule has 108 valence electrons. The Balaban J connectivity index is 2.78. The van der Waals surface area contributed by atoms with Crippen LogP contribution in [-0.2, 0) is 0 Å². The van der Waals surface area contributed by atoms with E-state index >= 15 is 0 Å². The van der Waals surface area contributed by atoms with Crippen molar-refractivity contribution < 1.29 is 18.7 Å². The zero-order valence-electron chi connectivity index (χ0n) is 11.0. The van der Waals surface area contributed by atoms with Crippen LogP contribution in [0.1, 0.15) is 25.3 Å². The molecule has 1 aromatic rings. The van der Waals surface area contributed by atoms with Crippen molar-refractivity contribution in [1.29, 1.82) is 0 Å². The molecule has 1 rings (SSSR count). The summed E-state index contributed by atoms with van der Waals surface area (Å²) in [5, 5.41) is 13.4. The number of amides is 2. The summed E-state index contributed by atoms with van der Waals surface area (Å²) in [6.07, 6.45) is 6.01. The van der Waals surface area contributed by atoms with Crippen LogP contribution in [0.5, 0.6) is 0 Å². The van der Waals surface area contributed by atoms with Gasteiger partial charge in [0.1, 0.15) is 5.69 Å². The number of aliphatic hydroxyl groups excluding tert-OH is 1. The molecule has 0 aromatic heterocycles. The van der Waals surface area contributed by atoms with E-state index in [2.05, 4.69) is 16.6 Å². The molecular weight excluding hydrogens is 266 g/mol. The van der Waals surface area contributed by atoms with Crippen LogP contribution in [0, 0.1) is 24.0 Å². The largest absolute Gasteiger partial charge is 0.396 e. The molecule has 3 N–H and O–H groups in total. The first-order valence-electron chi connectivity index (χ1n) is 6.15. The third kappa shape index (κ3) is 4.21. The Kier molecular flexibility index (Phi) is 5.94. The smallest absolute Gasteiger partial charge is 0.319 e. The van der Waals surface area contributed by atoms with E-state index in [0.717, 1.165) is 12.1 Å². The Hall–Kier alpha value is -2.13. The number of terminal acetylenes is 1. The van der Waals surface area contributed by atoms with Crippen molar-refractivity contribution in [3.8, 4) is 12.3 Å². The first-order valence-corrected chi connectivity index (χ1v) is 6.15. The number of nitrogens with one attached hydrogen (secondary N) is 2. The highest BCUT2D eigenvalue weighted by Gasteiger charge is 2.15. The summed E-state index contributed by atoms with van der Waals surface area (Å²) in [7, 11) is 0. The maximum Gasteiger partial charge on any atom is 0.319 e. The average Bonchev–Trinajstić information content (AvgIpc) is 2.42. The molecule has 0 aliphatic heterocycles. The number of hydrogen-bond acceptors (Lipinski definition) is 2. The molecule has 1 atom stereocenters. The van der Waals surface area contributed by atoms with E-state index < -0.39 is 23.4 Å². The maximum absolute atomic E-state index is 13.6. The number of carbonyl (C=O) groups is 1. The second kappa shape index (κ2) is 7.46. The summed E-state index contributed by atoms with van der Waals surface area (Å²) < 4.78 is 27.2. The van der Waals surface area contributed by atoms with Crippen LogP contribution < -0.4 is 10.6 Å². The molecule has 20 heavy (non-hydrogen) atoms. The molecule has 0 bridgehead atoms. The molecule has 4 nitrogen and oxygen atoms in total. The Morgan fingerprint density at radius 2 is 2.05 bits per heavy atom. The number of anilines is 1. The molecule has 1 unspecified atom stereocenters. The summed E-state index contributed by atoms with van der Waals surface area (Å²) in [6.45, 7) is 1.74. The van der Waals surface area contributed by atoms with Crippen LogP contribution >= 0.6 is 0 Å². The molecular formula is C14H16F2N2O2. The van der Waals surface area contributed by atoms with Gasteiger partial charge >= 0.3 is 6.03 Å². The molecule has 0 saturated carbocycles. The third-order valence-electron chi connectivity index (χ3n) is 2.75. The SMILES string of the molecule is C#Cc1cc(F)c(NC(=O)NC(CC)CCO)c(F)c1. The molecule has 2 amide bonds. The Morgan fingerprint density at radius 1 is 1.45 bits per heavy atom. The van der Waals surface area contributed by atoms with Gasteiger partial charge in [-0.15, -0.1) is 6.42 Å². The Labute approximate surface area is 116 Å². The van der Waals surface area contributed by atoms with Crippen LogP contribution in [0.4, 0.5) is 19.3 Å². The summed E-state index contributed by atoms with van der Waals surface area (Å²) >= 11 is 0. The highest BCUT2D eigenvalue weighted by atomic mass is 19.1. The van der Waals surface area contributed by atoms with Gasteiger partial charge in [0.05, 0.1) is 0 Å². The predicted octanol–water partition coefficient (Wildman–Crippen LogP) is 2.23. The van der Waals surface area contributed by atoms with Gasteiger partial charge in [0.2, 0.25) is 0 Å². The molecule has 0 aliphatic rings. The first kappa shape index (κ1) is 15.9. The van der Waals surface area contributed by atoms with Crippen molar-refractivity contribution in [2.75, 3.05) is 11.9 Å². The number of aliphatic hydroxyl groups is 1. The standard InChI is InChI=1S/C14H16F2N2O2/c1-3-9-7-11(15)13(12(16)8-9)18-14(20)17-10(4-2)5-6-19/h1,7-8,10,19H,4-6H2,2H3,(H2,17,18,20). The predicted molar refractivity (Wildman–Crippen MR) is 72.2 cm³/mol. The molecule has 0 aliphatic carbocycles. The molecule has 1 aromatic carbocycles. The normalized spacial score (nSPS) is 11.6. The molecule has 6 heteroatoms. The van der Waals surface area contributed by atoms with Crippen molar-refractivity contribution in [1.82, 2.24) is 5.32 Å². The Morgan fingerprint density at radius 3 is 2.50 bits per heavy atom.